The Morgan fingerprint density at radius 2 is 1.78 bits per heavy atom. The van der Waals surface area contributed by atoms with Gasteiger partial charge in [-0.2, -0.15) is 0 Å². The zero-order valence-electron chi connectivity index (χ0n) is 14.0. The van der Waals surface area contributed by atoms with Gasteiger partial charge in [0.15, 0.2) is 0 Å². The molecule has 0 fully saturated rings. The van der Waals surface area contributed by atoms with Crippen LogP contribution in [0.5, 0.6) is 0 Å². The second-order valence-corrected chi connectivity index (χ2v) is 6.75. The normalized spacial score (nSPS) is 11.3. The fourth-order valence-corrected chi connectivity index (χ4v) is 2.32. The highest BCUT2D eigenvalue weighted by Crippen LogP contribution is 2.22. The average molecular weight is 312 g/mol. The Labute approximate surface area is 137 Å². The number of hydrogen-bond acceptors (Lipinski definition) is 2. The molecule has 0 saturated carbocycles. The molecule has 0 bridgehead atoms. The van der Waals surface area contributed by atoms with Gasteiger partial charge in [0.1, 0.15) is 0 Å². The summed E-state index contributed by atoms with van der Waals surface area (Å²) >= 11 is 0. The predicted molar refractivity (Wildman–Crippen MR) is 92.9 cm³/mol. The van der Waals surface area contributed by atoms with Gasteiger partial charge in [0.05, 0.1) is 5.56 Å². The molecule has 1 amide bonds. The molecule has 4 nitrogen and oxygen atoms in total. The first-order valence-electron chi connectivity index (χ1n) is 7.92. The molecule has 1 heterocycles. The standard InChI is InChI=1S/C19H24N2O2/c1-19(2,3)16-9-6-14(7-10-16)5-4-12-20-18(23)15-8-11-17(22)21-13-15/h6-11,13H,4-5,12H2,1-3H3,(H,20,23)(H,21,22). The molecular formula is C19H24N2O2. The summed E-state index contributed by atoms with van der Waals surface area (Å²) in [5.41, 5.74) is 3.03. The zero-order valence-corrected chi connectivity index (χ0v) is 14.0. The highest BCUT2D eigenvalue weighted by atomic mass is 16.1. The number of rotatable bonds is 5. The minimum atomic E-state index is -0.208. The topological polar surface area (TPSA) is 62.0 Å². The van der Waals surface area contributed by atoms with Crippen molar-refractivity contribution in [3.05, 3.63) is 69.6 Å². The van der Waals surface area contributed by atoms with Crippen LogP contribution < -0.4 is 10.9 Å². The number of pyridine rings is 1. The van der Waals surface area contributed by atoms with Crippen molar-refractivity contribution < 1.29 is 4.79 Å². The van der Waals surface area contributed by atoms with E-state index in [0.29, 0.717) is 12.1 Å². The first-order chi connectivity index (χ1) is 10.9. The Bertz CT molecular complexity index is 689. The van der Waals surface area contributed by atoms with E-state index in [1.807, 2.05) is 0 Å². The van der Waals surface area contributed by atoms with E-state index in [4.69, 9.17) is 0 Å². The van der Waals surface area contributed by atoms with Crippen LogP contribution in [0, 0.1) is 0 Å². The van der Waals surface area contributed by atoms with Gasteiger partial charge < -0.3 is 10.3 Å². The minimum absolute atomic E-state index is 0.163. The third-order valence-corrected chi connectivity index (χ3v) is 3.79. The number of aryl methyl sites for hydroxylation is 1. The third kappa shape index (κ3) is 5.09. The number of aromatic amines is 1. The molecule has 122 valence electrons. The molecule has 2 rings (SSSR count). The summed E-state index contributed by atoms with van der Waals surface area (Å²) in [6, 6.07) is 11.5. The van der Waals surface area contributed by atoms with Gasteiger partial charge in [-0.1, -0.05) is 45.0 Å². The molecule has 23 heavy (non-hydrogen) atoms. The Kier molecular flexibility index (Phi) is 5.37. The van der Waals surface area contributed by atoms with E-state index in [0.717, 1.165) is 12.8 Å². The number of aromatic nitrogens is 1. The fraction of sp³-hybridized carbons (Fsp3) is 0.368. The van der Waals surface area contributed by atoms with Crippen LogP contribution in [0.1, 0.15) is 48.7 Å². The van der Waals surface area contributed by atoms with E-state index < -0.39 is 0 Å². The molecule has 0 aliphatic rings. The molecule has 2 N–H and O–H groups in total. The maximum Gasteiger partial charge on any atom is 0.252 e. The summed E-state index contributed by atoms with van der Waals surface area (Å²) in [5.74, 6) is -0.163. The minimum Gasteiger partial charge on any atom is -0.352 e. The predicted octanol–water partition coefficient (Wildman–Crippen LogP) is 3.04. The molecule has 1 aromatic heterocycles. The molecule has 0 aliphatic heterocycles. The zero-order chi connectivity index (χ0) is 16.9. The highest BCUT2D eigenvalue weighted by molar-refractivity contribution is 5.93. The van der Waals surface area contributed by atoms with Gasteiger partial charge in [-0.25, -0.2) is 0 Å². The summed E-state index contributed by atoms with van der Waals surface area (Å²) in [4.78, 5) is 25.3. The molecule has 0 radical (unpaired) electrons. The molecule has 2 aromatic rings. The largest absolute Gasteiger partial charge is 0.352 e. The maximum absolute atomic E-state index is 11.9. The number of nitrogens with one attached hydrogen (secondary N) is 2. The van der Waals surface area contributed by atoms with Crippen LogP contribution in [-0.4, -0.2) is 17.4 Å². The van der Waals surface area contributed by atoms with Crippen molar-refractivity contribution >= 4 is 5.91 Å². The van der Waals surface area contributed by atoms with Crippen molar-refractivity contribution in [2.24, 2.45) is 0 Å². The lowest BCUT2D eigenvalue weighted by Crippen LogP contribution is -2.25. The lowest BCUT2D eigenvalue weighted by molar-refractivity contribution is 0.0953. The number of carbonyl (C=O) groups is 1. The number of hydrogen-bond donors (Lipinski definition) is 2. The van der Waals surface area contributed by atoms with Gasteiger partial charge >= 0.3 is 0 Å². The molecule has 4 heteroatoms. The number of benzene rings is 1. The van der Waals surface area contributed by atoms with Crippen LogP contribution in [0.25, 0.3) is 0 Å². The molecule has 0 atom stereocenters. The number of amides is 1. The molecule has 0 aliphatic carbocycles. The first kappa shape index (κ1) is 17.0. The van der Waals surface area contributed by atoms with E-state index >= 15 is 0 Å². The lowest BCUT2D eigenvalue weighted by atomic mass is 9.86. The van der Waals surface area contributed by atoms with Gasteiger partial charge in [0, 0.05) is 18.8 Å². The van der Waals surface area contributed by atoms with Crippen LogP contribution in [0.4, 0.5) is 0 Å². The third-order valence-electron chi connectivity index (χ3n) is 3.79. The van der Waals surface area contributed by atoms with E-state index in [2.05, 4.69) is 55.3 Å². The first-order valence-corrected chi connectivity index (χ1v) is 7.92. The molecule has 0 unspecified atom stereocenters. The van der Waals surface area contributed by atoms with Crippen LogP contribution in [0.2, 0.25) is 0 Å². The summed E-state index contributed by atoms with van der Waals surface area (Å²) in [6.07, 6.45) is 3.24. The molecular weight excluding hydrogens is 288 g/mol. The van der Waals surface area contributed by atoms with Crippen LogP contribution in [-0.2, 0) is 11.8 Å². The maximum atomic E-state index is 11.9. The monoisotopic (exact) mass is 312 g/mol. The van der Waals surface area contributed by atoms with E-state index in [-0.39, 0.29) is 16.9 Å². The van der Waals surface area contributed by atoms with Crippen molar-refractivity contribution in [3.63, 3.8) is 0 Å². The second-order valence-electron chi connectivity index (χ2n) is 6.75. The fourth-order valence-electron chi connectivity index (χ4n) is 2.32. The smallest absolute Gasteiger partial charge is 0.252 e. The lowest BCUT2D eigenvalue weighted by Gasteiger charge is -2.19. The van der Waals surface area contributed by atoms with Gasteiger partial charge in [-0.15, -0.1) is 0 Å². The Balaban J connectivity index is 1.78. The Morgan fingerprint density at radius 1 is 1.09 bits per heavy atom. The second kappa shape index (κ2) is 7.27. The Morgan fingerprint density at radius 3 is 2.35 bits per heavy atom. The summed E-state index contributed by atoms with van der Waals surface area (Å²) in [6.45, 7) is 7.22. The van der Waals surface area contributed by atoms with E-state index in [1.165, 1.54) is 29.5 Å². The van der Waals surface area contributed by atoms with Crippen molar-refractivity contribution in [1.82, 2.24) is 10.3 Å². The van der Waals surface area contributed by atoms with Crippen molar-refractivity contribution in [2.75, 3.05) is 6.54 Å². The highest BCUT2D eigenvalue weighted by Gasteiger charge is 2.12. The van der Waals surface area contributed by atoms with E-state index in [1.54, 1.807) is 0 Å². The van der Waals surface area contributed by atoms with Crippen LogP contribution in [0.3, 0.4) is 0 Å². The van der Waals surface area contributed by atoms with Crippen molar-refractivity contribution in [3.8, 4) is 0 Å². The van der Waals surface area contributed by atoms with Gasteiger partial charge in [0.25, 0.3) is 5.91 Å². The Hall–Kier alpha value is -2.36. The van der Waals surface area contributed by atoms with Crippen LogP contribution >= 0.6 is 0 Å². The SMILES string of the molecule is CC(C)(C)c1ccc(CCCNC(=O)c2ccc(=O)[nH]c2)cc1. The molecule has 1 aromatic carbocycles. The number of H-pyrrole nitrogens is 1. The average Bonchev–Trinajstić information content (AvgIpc) is 2.51. The molecule has 0 spiro atoms. The molecule has 0 saturated heterocycles. The van der Waals surface area contributed by atoms with Gasteiger partial charge in [0.2, 0.25) is 5.56 Å². The van der Waals surface area contributed by atoms with Gasteiger partial charge in [-0.05, 0) is 35.4 Å². The quantitative estimate of drug-likeness (QED) is 0.834. The van der Waals surface area contributed by atoms with E-state index in [9.17, 15) is 9.59 Å². The summed E-state index contributed by atoms with van der Waals surface area (Å²) in [7, 11) is 0. The van der Waals surface area contributed by atoms with Crippen molar-refractivity contribution in [1.29, 1.82) is 0 Å². The summed E-state index contributed by atoms with van der Waals surface area (Å²) < 4.78 is 0. The van der Waals surface area contributed by atoms with Crippen LogP contribution in [0.15, 0.2) is 47.4 Å². The van der Waals surface area contributed by atoms with Crippen molar-refractivity contribution in [2.45, 2.75) is 39.0 Å². The van der Waals surface area contributed by atoms with Gasteiger partial charge in [-0.3, -0.25) is 9.59 Å². The number of carbonyl (C=O) groups excluding carboxylic acids is 1. The summed E-state index contributed by atoms with van der Waals surface area (Å²) in [5, 5.41) is 2.86.